The first-order valence-electron chi connectivity index (χ1n) is 32.0. The van der Waals surface area contributed by atoms with Crippen LogP contribution in [0.5, 0.6) is 0 Å². The van der Waals surface area contributed by atoms with Crippen LogP contribution in [0.2, 0.25) is 0 Å². The molecule has 2 atom stereocenters. The highest BCUT2D eigenvalue weighted by Crippen LogP contribution is 2.18. The molecule has 0 saturated carbocycles. The topological polar surface area (TPSA) is 69.6 Å². The van der Waals surface area contributed by atoms with Gasteiger partial charge in [-0.2, -0.15) is 0 Å². The van der Waals surface area contributed by atoms with E-state index in [0.29, 0.717) is 6.42 Å². The van der Waals surface area contributed by atoms with Crippen molar-refractivity contribution in [2.45, 2.75) is 353 Å². The van der Waals surface area contributed by atoms with Crippen molar-refractivity contribution in [1.29, 1.82) is 0 Å². The molecule has 0 aromatic rings. The highest BCUT2D eigenvalue weighted by molar-refractivity contribution is 5.76. The van der Waals surface area contributed by atoms with Gasteiger partial charge < -0.3 is 15.5 Å². The highest BCUT2D eigenvalue weighted by atomic mass is 16.3. The molecule has 0 radical (unpaired) electrons. The van der Waals surface area contributed by atoms with E-state index in [1.807, 2.05) is 6.08 Å². The maximum atomic E-state index is 12.5. The summed E-state index contributed by atoms with van der Waals surface area (Å²) in [5.74, 6) is -0.0702. The Morgan fingerprint density at radius 2 is 0.592 bits per heavy atom. The molecule has 0 aliphatic carbocycles. The molecule has 4 nitrogen and oxygen atoms in total. The molecule has 71 heavy (non-hydrogen) atoms. The van der Waals surface area contributed by atoms with Gasteiger partial charge in [0.15, 0.2) is 0 Å². The summed E-state index contributed by atoms with van der Waals surface area (Å²) in [6.45, 7) is 4.32. The molecular formula is C67H125NO3. The van der Waals surface area contributed by atoms with Crippen LogP contribution in [0.15, 0.2) is 60.8 Å². The summed E-state index contributed by atoms with van der Waals surface area (Å²) in [4.78, 5) is 12.5. The van der Waals surface area contributed by atoms with Crippen LogP contribution in [0, 0.1) is 0 Å². The van der Waals surface area contributed by atoms with Crippen LogP contribution in [0.1, 0.15) is 341 Å². The smallest absolute Gasteiger partial charge is 0.220 e. The van der Waals surface area contributed by atoms with Crippen molar-refractivity contribution in [1.82, 2.24) is 5.32 Å². The third-order valence-electron chi connectivity index (χ3n) is 14.7. The molecule has 0 aromatic heterocycles. The molecule has 2 unspecified atom stereocenters. The molecule has 0 aliphatic heterocycles. The third-order valence-corrected chi connectivity index (χ3v) is 14.7. The Bertz CT molecular complexity index is 1170. The summed E-state index contributed by atoms with van der Waals surface area (Å²) in [5.41, 5.74) is 0. The number of aliphatic hydroxyl groups is 2. The standard InChI is InChI=1S/C67H125NO3/c1-3-5-7-9-11-13-15-17-19-21-23-25-27-29-31-33-34-35-37-39-41-43-45-47-49-51-53-55-57-59-61-63-67(71)68-65(64-69)66(70)62-60-58-56-54-52-50-48-46-44-42-40-38-36-32-30-28-26-24-22-20-18-16-14-12-10-8-6-4-2/h15,17,21,23,27,29,52,54,60,62,65-66,69-70H,3-14,16,18-20,22,24-26,28,30-51,53,55-59,61,63-64H2,1-2H3,(H,68,71)/b17-15-,23-21-,29-27-,54-52+,62-60+. The molecule has 0 bridgehead atoms. The van der Waals surface area contributed by atoms with Crippen LogP contribution in [0.25, 0.3) is 0 Å². The SMILES string of the molecule is CCCCCCC/C=C\C/C=C\C/C=C\CCCCCCCCCCCCCCCCCCC(=O)NC(CO)C(O)/C=C/CC/C=C/CCCCCCCCCCCCCCCCCCCCCCCC. The predicted molar refractivity (Wildman–Crippen MR) is 318 cm³/mol. The summed E-state index contributed by atoms with van der Waals surface area (Å²) in [5, 5.41) is 23.2. The Kier molecular flexibility index (Phi) is 60.7. The fourth-order valence-electron chi connectivity index (χ4n) is 9.85. The number of allylic oxidation sites excluding steroid dienone is 9. The number of hydrogen-bond acceptors (Lipinski definition) is 3. The Hall–Kier alpha value is -1.91. The van der Waals surface area contributed by atoms with Crippen LogP contribution in [0.4, 0.5) is 0 Å². The zero-order chi connectivity index (χ0) is 51.3. The second kappa shape index (κ2) is 62.4. The average Bonchev–Trinajstić information content (AvgIpc) is 3.37. The lowest BCUT2D eigenvalue weighted by molar-refractivity contribution is -0.123. The molecular weight excluding hydrogens is 867 g/mol. The van der Waals surface area contributed by atoms with Crippen molar-refractivity contribution in [3.05, 3.63) is 60.8 Å². The van der Waals surface area contributed by atoms with Gasteiger partial charge in [-0.3, -0.25) is 4.79 Å². The molecule has 0 aliphatic rings. The van der Waals surface area contributed by atoms with E-state index in [4.69, 9.17) is 0 Å². The molecule has 0 heterocycles. The van der Waals surface area contributed by atoms with E-state index >= 15 is 0 Å². The minimum Gasteiger partial charge on any atom is -0.394 e. The molecule has 416 valence electrons. The van der Waals surface area contributed by atoms with Gasteiger partial charge in [0.05, 0.1) is 18.8 Å². The normalized spacial score (nSPS) is 13.1. The Morgan fingerprint density at radius 3 is 0.915 bits per heavy atom. The predicted octanol–water partition coefficient (Wildman–Crippen LogP) is 21.5. The van der Waals surface area contributed by atoms with Gasteiger partial charge in [-0.25, -0.2) is 0 Å². The fraction of sp³-hybridized carbons (Fsp3) is 0.836. The van der Waals surface area contributed by atoms with Crippen molar-refractivity contribution >= 4 is 5.91 Å². The summed E-state index contributed by atoms with van der Waals surface area (Å²) in [6.07, 6.45) is 88.5. The molecule has 1 amide bonds. The minimum absolute atomic E-state index is 0.0702. The summed E-state index contributed by atoms with van der Waals surface area (Å²) in [7, 11) is 0. The van der Waals surface area contributed by atoms with E-state index in [2.05, 4.69) is 67.8 Å². The molecule has 3 N–H and O–H groups in total. The maximum absolute atomic E-state index is 12.5. The van der Waals surface area contributed by atoms with Crippen LogP contribution >= 0.6 is 0 Å². The lowest BCUT2D eigenvalue weighted by Crippen LogP contribution is -2.45. The number of rotatable bonds is 59. The van der Waals surface area contributed by atoms with Gasteiger partial charge in [0.2, 0.25) is 5.91 Å². The molecule has 0 saturated heterocycles. The number of carbonyl (C=O) groups excluding carboxylic acids is 1. The summed E-state index contributed by atoms with van der Waals surface area (Å²) >= 11 is 0. The van der Waals surface area contributed by atoms with Gasteiger partial charge in [0.1, 0.15) is 0 Å². The first kappa shape index (κ1) is 69.1. The van der Waals surface area contributed by atoms with Crippen LogP contribution in [-0.4, -0.2) is 34.9 Å². The van der Waals surface area contributed by atoms with Gasteiger partial charge in [-0.1, -0.05) is 325 Å². The van der Waals surface area contributed by atoms with E-state index < -0.39 is 12.1 Å². The summed E-state index contributed by atoms with van der Waals surface area (Å²) < 4.78 is 0. The zero-order valence-electron chi connectivity index (χ0n) is 48.0. The monoisotopic (exact) mass is 992 g/mol. The van der Waals surface area contributed by atoms with Crippen LogP contribution in [0.3, 0.4) is 0 Å². The van der Waals surface area contributed by atoms with Gasteiger partial charge >= 0.3 is 0 Å². The van der Waals surface area contributed by atoms with Crippen LogP contribution in [-0.2, 0) is 4.79 Å². The van der Waals surface area contributed by atoms with Gasteiger partial charge in [-0.05, 0) is 70.6 Å². The van der Waals surface area contributed by atoms with Crippen LogP contribution < -0.4 is 5.32 Å². The lowest BCUT2D eigenvalue weighted by atomic mass is 10.0. The van der Waals surface area contributed by atoms with E-state index in [-0.39, 0.29) is 12.5 Å². The number of unbranched alkanes of at least 4 members (excludes halogenated alkanes) is 44. The molecule has 0 spiro atoms. The van der Waals surface area contributed by atoms with Crippen molar-refractivity contribution in [3.63, 3.8) is 0 Å². The first-order valence-corrected chi connectivity index (χ1v) is 32.0. The molecule has 4 heteroatoms. The first-order chi connectivity index (χ1) is 35.2. The lowest BCUT2D eigenvalue weighted by Gasteiger charge is -2.19. The quantitative estimate of drug-likeness (QED) is 0.0420. The van der Waals surface area contributed by atoms with Gasteiger partial charge in [0.25, 0.3) is 0 Å². The Labute approximate surface area is 445 Å². The van der Waals surface area contributed by atoms with Gasteiger partial charge in [0, 0.05) is 6.42 Å². The van der Waals surface area contributed by atoms with Crippen molar-refractivity contribution in [2.24, 2.45) is 0 Å². The Morgan fingerprint density at radius 1 is 0.338 bits per heavy atom. The van der Waals surface area contributed by atoms with E-state index in [1.54, 1.807) is 6.08 Å². The Balaban J connectivity index is 3.50. The maximum Gasteiger partial charge on any atom is 0.220 e. The van der Waals surface area contributed by atoms with Crippen molar-refractivity contribution in [3.8, 4) is 0 Å². The average molecular weight is 993 g/mol. The zero-order valence-corrected chi connectivity index (χ0v) is 48.0. The fourth-order valence-corrected chi connectivity index (χ4v) is 9.85. The van der Waals surface area contributed by atoms with E-state index in [1.165, 1.54) is 276 Å². The van der Waals surface area contributed by atoms with Crippen molar-refractivity contribution < 1.29 is 15.0 Å². The molecule has 0 rings (SSSR count). The second-order valence-corrected chi connectivity index (χ2v) is 21.8. The largest absolute Gasteiger partial charge is 0.394 e. The van der Waals surface area contributed by atoms with Crippen molar-refractivity contribution in [2.75, 3.05) is 6.61 Å². The summed E-state index contributed by atoms with van der Waals surface area (Å²) in [6, 6.07) is -0.642. The number of hydrogen-bond donors (Lipinski definition) is 3. The number of aliphatic hydroxyl groups excluding tert-OH is 2. The third kappa shape index (κ3) is 58.8. The second-order valence-electron chi connectivity index (χ2n) is 21.8. The number of carbonyl (C=O) groups is 1. The van der Waals surface area contributed by atoms with Gasteiger partial charge in [-0.15, -0.1) is 0 Å². The number of nitrogens with one attached hydrogen (secondary N) is 1. The minimum atomic E-state index is -0.865. The highest BCUT2D eigenvalue weighted by Gasteiger charge is 2.18. The number of amides is 1. The van der Waals surface area contributed by atoms with E-state index in [0.717, 1.165) is 44.9 Å². The molecule has 0 fully saturated rings. The molecule has 0 aromatic carbocycles. The van der Waals surface area contributed by atoms with E-state index in [9.17, 15) is 15.0 Å².